The predicted octanol–water partition coefficient (Wildman–Crippen LogP) is 5.82. The van der Waals surface area contributed by atoms with E-state index in [1.807, 2.05) is 59.5 Å². The molecule has 214 valence electrons. The minimum Gasteiger partial charge on any atom is -0.497 e. The summed E-state index contributed by atoms with van der Waals surface area (Å²) in [6, 6.07) is 23.3. The third kappa shape index (κ3) is 3.75. The van der Waals surface area contributed by atoms with Crippen LogP contribution in [-0.2, 0) is 10.2 Å². The van der Waals surface area contributed by atoms with Gasteiger partial charge in [0.15, 0.2) is 11.6 Å². The highest BCUT2D eigenvalue weighted by molar-refractivity contribution is 6.17. The average molecular weight is 575 g/mol. The second kappa shape index (κ2) is 9.94. The normalized spacial score (nSPS) is 22.9. The summed E-state index contributed by atoms with van der Waals surface area (Å²) in [7, 11) is 2.97. The van der Waals surface area contributed by atoms with Gasteiger partial charge in [0.1, 0.15) is 28.8 Å². The molecule has 0 unspecified atom stereocenters. The number of halogens is 1. The first kappa shape index (κ1) is 26.6. The predicted molar refractivity (Wildman–Crippen MR) is 159 cm³/mol. The first-order chi connectivity index (χ1) is 20.9. The van der Waals surface area contributed by atoms with Crippen LogP contribution in [0.5, 0.6) is 11.5 Å². The highest BCUT2D eigenvalue weighted by atomic mass is 19.1. The quantitative estimate of drug-likeness (QED) is 0.292. The Morgan fingerprint density at radius 2 is 1.63 bits per heavy atom. The van der Waals surface area contributed by atoms with E-state index in [0.717, 1.165) is 11.1 Å². The molecule has 0 bridgehead atoms. The van der Waals surface area contributed by atoms with Gasteiger partial charge in [-0.1, -0.05) is 42.5 Å². The molecule has 4 aromatic carbocycles. The number of fused-ring (bicyclic) bond motifs is 6. The van der Waals surface area contributed by atoms with Crippen molar-refractivity contribution in [1.29, 1.82) is 0 Å². The molecule has 4 aromatic rings. The molecule has 7 rings (SSSR count). The first-order valence-electron chi connectivity index (χ1n) is 13.9. The third-order valence-corrected chi connectivity index (χ3v) is 8.92. The van der Waals surface area contributed by atoms with Crippen molar-refractivity contribution >= 4 is 29.2 Å². The van der Waals surface area contributed by atoms with Crippen LogP contribution in [0.2, 0.25) is 0 Å². The van der Waals surface area contributed by atoms with Gasteiger partial charge in [0.05, 0.1) is 31.7 Å². The Labute approximate surface area is 247 Å². The van der Waals surface area contributed by atoms with Gasteiger partial charge in [0.25, 0.3) is 0 Å². The molecule has 1 N–H and O–H groups in total. The van der Waals surface area contributed by atoms with Crippen molar-refractivity contribution in [1.82, 2.24) is 4.90 Å². The Kier molecular flexibility index (Phi) is 6.16. The number of carbonyl (C=O) groups excluding carboxylic acids is 3. The van der Waals surface area contributed by atoms with Crippen molar-refractivity contribution in [2.75, 3.05) is 19.5 Å². The number of benzene rings is 4. The smallest absolute Gasteiger partial charge is 0.238 e. The Morgan fingerprint density at radius 3 is 2.40 bits per heavy atom. The lowest BCUT2D eigenvalue weighted by atomic mass is 9.62. The summed E-state index contributed by atoms with van der Waals surface area (Å²) in [4.78, 5) is 46.0. The molecule has 1 spiro atoms. The maximum Gasteiger partial charge on any atom is 0.238 e. The molecular weight excluding hydrogens is 547 g/mol. The molecule has 7 nitrogen and oxygen atoms in total. The molecule has 8 heteroatoms. The van der Waals surface area contributed by atoms with Crippen LogP contribution in [0, 0.1) is 11.7 Å². The van der Waals surface area contributed by atoms with Crippen LogP contribution in [0.25, 0.3) is 6.08 Å². The van der Waals surface area contributed by atoms with E-state index >= 15 is 4.79 Å². The van der Waals surface area contributed by atoms with E-state index in [0.29, 0.717) is 17.0 Å². The van der Waals surface area contributed by atoms with Gasteiger partial charge in [-0.3, -0.25) is 14.4 Å². The summed E-state index contributed by atoms with van der Waals surface area (Å²) in [6.45, 7) is 0. The number of amides is 1. The van der Waals surface area contributed by atoms with E-state index in [1.54, 1.807) is 24.4 Å². The molecule has 0 aromatic heterocycles. The lowest BCUT2D eigenvalue weighted by Gasteiger charge is -2.38. The third-order valence-electron chi connectivity index (χ3n) is 8.92. The van der Waals surface area contributed by atoms with Crippen LogP contribution in [-0.4, -0.2) is 42.6 Å². The van der Waals surface area contributed by atoms with Crippen molar-refractivity contribution < 1.29 is 28.2 Å². The summed E-state index contributed by atoms with van der Waals surface area (Å²) in [5, 5.41) is 3.03. The molecule has 1 fully saturated rings. The monoisotopic (exact) mass is 574 g/mol. The van der Waals surface area contributed by atoms with E-state index in [4.69, 9.17) is 9.47 Å². The number of ether oxygens (including phenoxy) is 2. The van der Waals surface area contributed by atoms with Crippen molar-refractivity contribution in [2.24, 2.45) is 5.92 Å². The highest BCUT2D eigenvalue weighted by Crippen LogP contribution is 2.62. The minimum atomic E-state index is -1.49. The Hall–Kier alpha value is -5.24. The maximum atomic E-state index is 15.0. The zero-order valence-electron chi connectivity index (χ0n) is 23.4. The van der Waals surface area contributed by atoms with Crippen LogP contribution >= 0.6 is 0 Å². The molecule has 0 aliphatic carbocycles. The van der Waals surface area contributed by atoms with E-state index in [9.17, 15) is 14.0 Å². The summed E-state index contributed by atoms with van der Waals surface area (Å²) >= 11 is 0. The summed E-state index contributed by atoms with van der Waals surface area (Å²) in [6.07, 6.45) is 3.69. The largest absolute Gasteiger partial charge is 0.497 e. The number of anilines is 1. The van der Waals surface area contributed by atoms with E-state index in [1.165, 1.54) is 38.5 Å². The molecule has 1 saturated heterocycles. The minimum absolute atomic E-state index is 0.221. The average Bonchev–Trinajstić information content (AvgIpc) is 3.52. The van der Waals surface area contributed by atoms with Gasteiger partial charge in [-0.15, -0.1) is 0 Å². The zero-order valence-corrected chi connectivity index (χ0v) is 23.4. The van der Waals surface area contributed by atoms with Crippen LogP contribution in [0.4, 0.5) is 10.1 Å². The lowest BCUT2D eigenvalue weighted by molar-refractivity contribution is -0.122. The maximum absolute atomic E-state index is 15.0. The number of carbonyl (C=O) groups is 3. The van der Waals surface area contributed by atoms with Gasteiger partial charge in [0.2, 0.25) is 5.91 Å². The molecule has 43 heavy (non-hydrogen) atoms. The van der Waals surface area contributed by atoms with Crippen molar-refractivity contribution in [3.05, 3.63) is 131 Å². The highest BCUT2D eigenvalue weighted by Gasteiger charge is 2.70. The fourth-order valence-corrected chi connectivity index (χ4v) is 7.12. The fraction of sp³-hybridized carbons (Fsp3) is 0.171. The number of hydrogen-bond acceptors (Lipinski definition) is 6. The molecule has 3 aliphatic heterocycles. The molecule has 3 aliphatic rings. The van der Waals surface area contributed by atoms with Gasteiger partial charge in [-0.25, -0.2) is 4.39 Å². The summed E-state index contributed by atoms with van der Waals surface area (Å²) < 4.78 is 24.9. The zero-order chi connectivity index (χ0) is 29.9. The van der Waals surface area contributed by atoms with Crippen LogP contribution in [0.15, 0.2) is 97.2 Å². The van der Waals surface area contributed by atoms with Crippen molar-refractivity contribution in [3.63, 3.8) is 0 Å². The Bertz CT molecular complexity index is 1830. The number of methoxy groups -OCH3 is 2. The first-order valence-corrected chi connectivity index (χ1v) is 13.9. The van der Waals surface area contributed by atoms with Crippen molar-refractivity contribution in [3.8, 4) is 11.5 Å². The second-order valence-corrected chi connectivity index (χ2v) is 10.9. The molecule has 0 radical (unpaired) electrons. The summed E-state index contributed by atoms with van der Waals surface area (Å²) in [5.74, 6) is -2.10. The number of Topliss-reactive ketones (excluding diaryl/α,β-unsaturated/α-hetero) is 2. The fourth-order valence-electron chi connectivity index (χ4n) is 7.12. The molecular formula is C35H27FN2O5. The summed E-state index contributed by atoms with van der Waals surface area (Å²) in [5.41, 5.74) is 1.92. The van der Waals surface area contributed by atoms with Gasteiger partial charge < -0.3 is 19.7 Å². The molecule has 0 saturated carbocycles. The lowest BCUT2D eigenvalue weighted by Crippen LogP contribution is -2.49. The molecule has 3 heterocycles. The Morgan fingerprint density at radius 1 is 0.884 bits per heavy atom. The van der Waals surface area contributed by atoms with Gasteiger partial charge in [-0.2, -0.15) is 0 Å². The van der Waals surface area contributed by atoms with Crippen LogP contribution < -0.4 is 14.8 Å². The molecule has 4 atom stereocenters. The topological polar surface area (TPSA) is 84.9 Å². The van der Waals surface area contributed by atoms with Crippen LogP contribution in [0.3, 0.4) is 0 Å². The van der Waals surface area contributed by atoms with Crippen molar-refractivity contribution in [2.45, 2.75) is 17.5 Å². The van der Waals surface area contributed by atoms with Gasteiger partial charge >= 0.3 is 0 Å². The number of hydrogen-bond donors (Lipinski definition) is 1. The second-order valence-electron chi connectivity index (χ2n) is 10.9. The number of para-hydroxylation sites is 1. The van der Waals surface area contributed by atoms with Gasteiger partial charge in [0, 0.05) is 23.5 Å². The number of rotatable bonds is 6. The van der Waals surface area contributed by atoms with Crippen LogP contribution in [0.1, 0.15) is 43.4 Å². The number of nitrogens with zero attached hydrogens (tertiary/aromatic N) is 1. The van der Waals surface area contributed by atoms with E-state index < -0.39 is 40.8 Å². The Balaban J connectivity index is 1.54. The van der Waals surface area contributed by atoms with E-state index in [-0.39, 0.29) is 22.8 Å². The number of ketones is 2. The SMILES string of the molecule is COc1ccc(C(=O)[C@H]2[C@H](C(=O)c3ccc(F)cc3)N3C=Cc4ccccc4[C@@H]3[C@]23C(=O)Nc2ccccc23)c(OC)c1. The molecule has 1 amide bonds. The van der Waals surface area contributed by atoms with Gasteiger partial charge in [-0.05, 0) is 65.2 Å². The van der Waals surface area contributed by atoms with E-state index in [2.05, 4.69) is 5.32 Å². The standard InChI is InChI=1S/C35H27FN2O5/c1-42-23-15-16-25(28(19-23)43-2)32(40)29-30(31(39)21-11-13-22(36)14-12-21)38-18-17-20-7-3-4-8-24(20)33(38)35(29)26-9-5-6-10-27(26)37-34(35)41/h3-19,29-30,33H,1-2H3,(H,37,41)/t29-,30-,33-,35-/m1/s1. The number of nitrogens with one attached hydrogen (secondary N) is 1.